The normalized spacial score (nSPS) is 10.1. The van der Waals surface area contributed by atoms with Gasteiger partial charge >= 0.3 is 0 Å². The molecule has 0 saturated carbocycles. The first-order valence-electron chi connectivity index (χ1n) is 5.95. The molecule has 8 heteroatoms. The fourth-order valence-corrected chi connectivity index (χ4v) is 1.70. The number of carbonyl (C=O) groups excluding carboxylic acids is 1. The van der Waals surface area contributed by atoms with Gasteiger partial charge < -0.3 is 10.3 Å². The van der Waals surface area contributed by atoms with E-state index in [0.717, 1.165) is 0 Å². The summed E-state index contributed by atoms with van der Waals surface area (Å²) in [4.78, 5) is 29.0. The molecule has 0 atom stereocenters. The number of hydrogen-bond acceptors (Lipinski definition) is 5. The zero-order chi connectivity index (χ0) is 14.5. The highest BCUT2D eigenvalue weighted by atomic mass is 16.6. The van der Waals surface area contributed by atoms with Gasteiger partial charge in [-0.05, 0) is 19.1 Å². The van der Waals surface area contributed by atoms with Crippen molar-refractivity contribution < 1.29 is 9.72 Å². The number of carbonyl (C=O) groups is 1. The summed E-state index contributed by atoms with van der Waals surface area (Å²) in [5, 5.41) is 16.4. The fourth-order valence-electron chi connectivity index (χ4n) is 1.70. The van der Waals surface area contributed by atoms with Crippen molar-refractivity contribution in [2.24, 2.45) is 0 Å². The number of nitrogens with zero attached hydrogens (tertiary/aromatic N) is 2. The predicted molar refractivity (Wildman–Crippen MR) is 73.8 cm³/mol. The lowest BCUT2D eigenvalue weighted by Crippen LogP contribution is -2.15. The maximum atomic E-state index is 12.1. The lowest BCUT2D eigenvalue weighted by Gasteiger charge is -2.07. The molecule has 0 unspecified atom stereocenters. The van der Waals surface area contributed by atoms with Gasteiger partial charge in [0.1, 0.15) is 5.56 Å². The molecule has 1 aromatic carbocycles. The number of benzene rings is 1. The van der Waals surface area contributed by atoms with E-state index in [1.807, 2.05) is 6.92 Å². The molecule has 1 heterocycles. The molecule has 0 bridgehead atoms. The summed E-state index contributed by atoms with van der Waals surface area (Å²) in [6.07, 6.45) is 3.01. The highest BCUT2D eigenvalue weighted by Crippen LogP contribution is 2.23. The Kier molecular flexibility index (Phi) is 3.94. The van der Waals surface area contributed by atoms with Crippen molar-refractivity contribution in [1.29, 1.82) is 0 Å². The van der Waals surface area contributed by atoms with Crippen molar-refractivity contribution in [3.05, 3.63) is 46.3 Å². The largest absolute Gasteiger partial charge is 0.385 e. The Morgan fingerprint density at radius 3 is 2.90 bits per heavy atom. The molecule has 3 N–H and O–H groups in total. The van der Waals surface area contributed by atoms with Crippen molar-refractivity contribution in [2.45, 2.75) is 6.92 Å². The predicted octanol–water partition coefficient (Wildman–Crippen LogP) is 2.00. The van der Waals surface area contributed by atoms with E-state index < -0.39 is 10.8 Å². The first kappa shape index (κ1) is 13.5. The molecule has 2 rings (SSSR count). The van der Waals surface area contributed by atoms with Crippen molar-refractivity contribution in [2.75, 3.05) is 17.2 Å². The first-order chi connectivity index (χ1) is 9.61. The molecular weight excluding hydrogens is 262 g/mol. The van der Waals surface area contributed by atoms with Crippen LogP contribution in [0.5, 0.6) is 0 Å². The molecule has 0 aliphatic heterocycles. The molecule has 1 aromatic heterocycles. The average Bonchev–Trinajstić information content (AvgIpc) is 2.91. The number of amides is 1. The number of nitro benzene ring substituents is 1. The van der Waals surface area contributed by atoms with Crippen molar-refractivity contribution >= 4 is 23.2 Å². The van der Waals surface area contributed by atoms with Gasteiger partial charge in [-0.15, -0.1) is 0 Å². The molecule has 0 aliphatic rings. The lowest BCUT2D eigenvalue weighted by atomic mass is 10.1. The number of hydrogen-bond donors (Lipinski definition) is 3. The second kappa shape index (κ2) is 5.83. The molecule has 0 aliphatic carbocycles. The summed E-state index contributed by atoms with van der Waals surface area (Å²) in [5.74, 6) is -0.357. The van der Waals surface area contributed by atoms with Crippen LogP contribution in [-0.4, -0.2) is 27.3 Å². The lowest BCUT2D eigenvalue weighted by molar-refractivity contribution is -0.385. The molecule has 2 aromatic rings. The van der Waals surface area contributed by atoms with Crippen LogP contribution in [-0.2, 0) is 0 Å². The summed E-state index contributed by atoms with van der Waals surface area (Å²) in [5.41, 5.74) is 0.364. The number of imidazole rings is 1. The van der Waals surface area contributed by atoms with Crippen molar-refractivity contribution in [3.8, 4) is 0 Å². The quantitative estimate of drug-likeness (QED) is 0.570. The van der Waals surface area contributed by atoms with Crippen LogP contribution >= 0.6 is 0 Å². The molecule has 0 saturated heterocycles. The summed E-state index contributed by atoms with van der Waals surface area (Å²) >= 11 is 0. The monoisotopic (exact) mass is 275 g/mol. The standard InChI is InChI=1S/C12H13N5O3/c1-2-13-8-3-4-10(17(19)20)9(7-8)11(18)16-12-14-5-6-15-12/h3-7,13H,2H2,1H3,(H2,14,15,16,18). The zero-order valence-electron chi connectivity index (χ0n) is 10.7. The van der Waals surface area contributed by atoms with Gasteiger partial charge in [0.05, 0.1) is 4.92 Å². The maximum Gasteiger partial charge on any atom is 0.282 e. The average molecular weight is 275 g/mol. The van der Waals surface area contributed by atoms with Crippen LogP contribution in [0.25, 0.3) is 0 Å². The minimum atomic E-state index is -0.591. The van der Waals surface area contributed by atoms with Crippen molar-refractivity contribution in [3.63, 3.8) is 0 Å². The minimum Gasteiger partial charge on any atom is -0.385 e. The zero-order valence-corrected chi connectivity index (χ0v) is 10.7. The van der Waals surface area contributed by atoms with Crippen LogP contribution in [0.15, 0.2) is 30.6 Å². The molecule has 20 heavy (non-hydrogen) atoms. The molecular formula is C12H13N5O3. The molecule has 0 spiro atoms. The van der Waals surface area contributed by atoms with E-state index in [2.05, 4.69) is 20.6 Å². The Morgan fingerprint density at radius 2 is 2.30 bits per heavy atom. The Balaban J connectivity index is 2.33. The van der Waals surface area contributed by atoms with E-state index in [-0.39, 0.29) is 17.2 Å². The van der Waals surface area contributed by atoms with Gasteiger partial charge in [-0.3, -0.25) is 20.2 Å². The molecule has 0 radical (unpaired) electrons. The van der Waals surface area contributed by atoms with E-state index >= 15 is 0 Å². The van der Waals surface area contributed by atoms with E-state index in [9.17, 15) is 14.9 Å². The van der Waals surface area contributed by atoms with Crippen LogP contribution in [0.4, 0.5) is 17.3 Å². The van der Waals surface area contributed by atoms with Gasteiger partial charge in [-0.2, -0.15) is 0 Å². The number of anilines is 2. The third kappa shape index (κ3) is 2.91. The SMILES string of the molecule is CCNc1ccc([N+](=O)[O-])c(C(=O)Nc2ncc[nH]2)c1. The number of aromatic nitrogens is 2. The first-order valence-corrected chi connectivity index (χ1v) is 5.95. The molecule has 1 amide bonds. The van der Waals surface area contributed by atoms with Gasteiger partial charge in [-0.1, -0.05) is 0 Å². The fraction of sp³-hybridized carbons (Fsp3) is 0.167. The number of aromatic amines is 1. The Bertz CT molecular complexity index is 624. The number of nitro groups is 1. The third-order valence-corrected chi connectivity index (χ3v) is 2.55. The van der Waals surface area contributed by atoms with Gasteiger partial charge in [0.15, 0.2) is 0 Å². The smallest absolute Gasteiger partial charge is 0.282 e. The Hall–Kier alpha value is -2.90. The number of rotatable bonds is 5. The summed E-state index contributed by atoms with van der Waals surface area (Å²) in [6, 6.07) is 4.31. The van der Waals surface area contributed by atoms with Gasteiger partial charge in [0.25, 0.3) is 11.6 Å². The Labute approximate surface area is 114 Å². The maximum absolute atomic E-state index is 12.1. The summed E-state index contributed by atoms with van der Waals surface area (Å²) in [7, 11) is 0. The topological polar surface area (TPSA) is 113 Å². The number of H-pyrrole nitrogens is 1. The van der Waals surface area contributed by atoms with Gasteiger partial charge in [0.2, 0.25) is 5.95 Å². The minimum absolute atomic E-state index is 0.0233. The molecule has 0 fully saturated rings. The summed E-state index contributed by atoms with van der Waals surface area (Å²) < 4.78 is 0. The van der Waals surface area contributed by atoms with Crippen LogP contribution in [0, 0.1) is 10.1 Å². The number of nitrogens with one attached hydrogen (secondary N) is 3. The van der Waals surface area contributed by atoms with Gasteiger partial charge in [0, 0.05) is 30.7 Å². The molecule has 104 valence electrons. The summed E-state index contributed by atoms with van der Waals surface area (Å²) in [6.45, 7) is 2.54. The van der Waals surface area contributed by atoms with Crippen LogP contribution < -0.4 is 10.6 Å². The van der Waals surface area contributed by atoms with E-state index in [1.165, 1.54) is 18.3 Å². The van der Waals surface area contributed by atoms with Crippen LogP contribution in [0.3, 0.4) is 0 Å². The van der Waals surface area contributed by atoms with E-state index in [1.54, 1.807) is 12.3 Å². The highest BCUT2D eigenvalue weighted by Gasteiger charge is 2.21. The van der Waals surface area contributed by atoms with Crippen LogP contribution in [0.1, 0.15) is 17.3 Å². The highest BCUT2D eigenvalue weighted by molar-refractivity contribution is 6.06. The Morgan fingerprint density at radius 1 is 1.50 bits per heavy atom. The van der Waals surface area contributed by atoms with Crippen LogP contribution in [0.2, 0.25) is 0 Å². The third-order valence-electron chi connectivity index (χ3n) is 2.55. The van der Waals surface area contributed by atoms with E-state index in [0.29, 0.717) is 12.2 Å². The molecule has 8 nitrogen and oxygen atoms in total. The second-order valence-electron chi connectivity index (χ2n) is 3.91. The van der Waals surface area contributed by atoms with Crippen molar-refractivity contribution in [1.82, 2.24) is 9.97 Å². The van der Waals surface area contributed by atoms with E-state index in [4.69, 9.17) is 0 Å². The van der Waals surface area contributed by atoms with Gasteiger partial charge in [-0.25, -0.2) is 4.98 Å². The second-order valence-corrected chi connectivity index (χ2v) is 3.91.